The molecule has 9 nitrogen and oxygen atoms in total. The molecule has 0 saturated carbocycles. The number of nitrogens with one attached hydrogen (secondary N) is 1. The third-order valence-corrected chi connectivity index (χ3v) is 8.91. The minimum Gasteiger partial charge on any atom is -0.342 e. The number of hydrogen-bond donors (Lipinski definition) is 1. The summed E-state index contributed by atoms with van der Waals surface area (Å²) >= 11 is 1.48. The van der Waals surface area contributed by atoms with Crippen LogP contribution in [-0.4, -0.2) is 74.6 Å². The maximum atomic E-state index is 13.1. The maximum absolute atomic E-state index is 13.1. The molecule has 1 aliphatic heterocycles. The summed E-state index contributed by atoms with van der Waals surface area (Å²) in [6, 6.07) is 12.4. The number of hydrogen-bond acceptors (Lipinski definition) is 7. The predicted octanol–water partition coefficient (Wildman–Crippen LogP) is 4.21. The number of amides is 2. The second-order valence-corrected chi connectivity index (χ2v) is 11.7. The van der Waals surface area contributed by atoms with Crippen LogP contribution < -0.4 is 5.32 Å². The first-order valence-corrected chi connectivity index (χ1v) is 14.5. The highest BCUT2D eigenvalue weighted by Crippen LogP contribution is 2.44. The van der Waals surface area contributed by atoms with Gasteiger partial charge >= 0.3 is 0 Å². The number of fused-ring (bicyclic) bond motifs is 3. The van der Waals surface area contributed by atoms with Crippen molar-refractivity contribution in [1.29, 1.82) is 0 Å². The molecule has 0 radical (unpaired) electrons. The Labute approximate surface area is 237 Å². The highest BCUT2D eigenvalue weighted by molar-refractivity contribution is 7.19. The van der Waals surface area contributed by atoms with Crippen molar-refractivity contribution in [3.05, 3.63) is 65.6 Å². The molecule has 0 unspecified atom stereocenters. The van der Waals surface area contributed by atoms with Gasteiger partial charge in [0.25, 0.3) is 0 Å². The first-order chi connectivity index (χ1) is 19.4. The normalized spacial score (nSPS) is 15.4. The summed E-state index contributed by atoms with van der Waals surface area (Å²) in [6.07, 6.45) is 7.59. The van der Waals surface area contributed by atoms with Crippen molar-refractivity contribution >= 4 is 28.3 Å². The van der Waals surface area contributed by atoms with Crippen LogP contribution in [0.2, 0.25) is 0 Å². The summed E-state index contributed by atoms with van der Waals surface area (Å²) in [7, 11) is 4.07. The SMILES string of the molecule is CC(=O)Nc1nc2c(s1)-c1c(c(-c3cccnc3)nn1-c1ccc(CC(=O)N(C)C3CCN(C)CC3)cc1)CC2. The van der Waals surface area contributed by atoms with Crippen LogP contribution in [0, 0.1) is 0 Å². The van der Waals surface area contributed by atoms with Crippen LogP contribution in [0.4, 0.5) is 5.13 Å². The summed E-state index contributed by atoms with van der Waals surface area (Å²) in [5.41, 5.74) is 6.88. The number of aromatic nitrogens is 4. The zero-order valence-corrected chi connectivity index (χ0v) is 23.9. The lowest BCUT2D eigenvalue weighted by molar-refractivity contribution is -0.132. The predicted molar refractivity (Wildman–Crippen MR) is 157 cm³/mol. The van der Waals surface area contributed by atoms with Crippen LogP contribution in [0.1, 0.15) is 36.6 Å². The van der Waals surface area contributed by atoms with Crippen molar-refractivity contribution in [1.82, 2.24) is 29.5 Å². The summed E-state index contributed by atoms with van der Waals surface area (Å²) in [5, 5.41) is 8.52. The van der Waals surface area contributed by atoms with Crippen LogP contribution >= 0.6 is 11.3 Å². The van der Waals surface area contributed by atoms with Crippen molar-refractivity contribution in [3.8, 4) is 27.5 Å². The monoisotopic (exact) mass is 555 g/mol. The molecule has 4 heterocycles. The lowest BCUT2D eigenvalue weighted by Gasteiger charge is -2.35. The maximum Gasteiger partial charge on any atom is 0.226 e. The summed E-state index contributed by atoms with van der Waals surface area (Å²) < 4.78 is 1.97. The molecule has 1 N–H and O–H groups in total. The van der Waals surface area contributed by atoms with Crippen molar-refractivity contribution in [3.63, 3.8) is 0 Å². The van der Waals surface area contributed by atoms with E-state index in [1.165, 1.54) is 18.3 Å². The smallest absolute Gasteiger partial charge is 0.226 e. The average Bonchev–Trinajstić information content (AvgIpc) is 3.54. The van der Waals surface area contributed by atoms with Gasteiger partial charge in [-0.15, -0.1) is 0 Å². The quantitative estimate of drug-likeness (QED) is 0.383. The fraction of sp³-hybridized carbons (Fsp3) is 0.367. The van der Waals surface area contributed by atoms with E-state index in [2.05, 4.69) is 22.2 Å². The molecule has 2 aliphatic rings. The number of thiazole rings is 1. The molecular weight excluding hydrogens is 522 g/mol. The molecule has 206 valence electrons. The molecule has 0 atom stereocenters. The molecule has 2 amide bonds. The van der Waals surface area contributed by atoms with Gasteiger partial charge in [0.1, 0.15) is 0 Å². The van der Waals surface area contributed by atoms with Crippen LogP contribution in [0.5, 0.6) is 0 Å². The molecule has 6 rings (SSSR count). The van der Waals surface area contributed by atoms with Gasteiger partial charge in [-0.05, 0) is 75.6 Å². The van der Waals surface area contributed by atoms with Gasteiger partial charge in [0.2, 0.25) is 11.8 Å². The fourth-order valence-electron chi connectivity index (χ4n) is 5.64. The highest BCUT2D eigenvalue weighted by atomic mass is 32.1. The van der Waals surface area contributed by atoms with Crippen molar-refractivity contribution in [2.75, 3.05) is 32.5 Å². The van der Waals surface area contributed by atoms with E-state index in [1.807, 2.05) is 59.2 Å². The van der Waals surface area contributed by atoms with Gasteiger partial charge in [-0.3, -0.25) is 14.6 Å². The van der Waals surface area contributed by atoms with Gasteiger partial charge in [-0.25, -0.2) is 9.67 Å². The summed E-state index contributed by atoms with van der Waals surface area (Å²) in [5.74, 6) is 0.0138. The third kappa shape index (κ3) is 5.16. The minimum atomic E-state index is -0.137. The molecule has 1 saturated heterocycles. The van der Waals surface area contributed by atoms with Gasteiger partial charge in [-0.1, -0.05) is 23.5 Å². The number of likely N-dealkylation sites (N-methyl/N-ethyl adjacent to an activating group) is 1. The van der Waals surface area contributed by atoms with E-state index in [4.69, 9.17) is 10.1 Å². The first kappa shape index (κ1) is 26.3. The number of nitrogens with zero attached hydrogens (tertiary/aromatic N) is 6. The largest absolute Gasteiger partial charge is 0.342 e. The van der Waals surface area contributed by atoms with Crippen molar-refractivity contribution in [2.24, 2.45) is 0 Å². The number of carbonyl (C=O) groups excluding carboxylic acids is 2. The number of anilines is 1. The van der Waals surface area contributed by atoms with Crippen molar-refractivity contribution in [2.45, 2.75) is 45.1 Å². The molecular formula is C30H33N7O2S. The molecule has 10 heteroatoms. The molecule has 3 aromatic heterocycles. The number of piperidine rings is 1. The number of pyridine rings is 1. The van der Waals surface area contributed by atoms with Crippen LogP contribution in [0.15, 0.2) is 48.8 Å². The highest BCUT2D eigenvalue weighted by Gasteiger charge is 2.30. The van der Waals surface area contributed by atoms with Gasteiger partial charge in [0.05, 0.1) is 34.1 Å². The summed E-state index contributed by atoms with van der Waals surface area (Å²) in [6.45, 7) is 3.55. The van der Waals surface area contributed by atoms with Gasteiger partial charge < -0.3 is 15.1 Å². The molecule has 40 heavy (non-hydrogen) atoms. The average molecular weight is 556 g/mol. The number of carbonyl (C=O) groups is 2. The number of aryl methyl sites for hydroxylation is 1. The van der Waals surface area contributed by atoms with E-state index in [9.17, 15) is 9.59 Å². The number of benzene rings is 1. The Bertz CT molecular complexity index is 1540. The minimum absolute atomic E-state index is 0.137. The van der Waals surface area contributed by atoms with Crippen molar-refractivity contribution < 1.29 is 9.59 Å². The lowest BCUT2D eigenvalue weighted by atomic mass is 9.95. The third-order valence-electron chi connectivity index (χ3n) is 7.89. The van der Waals surface area contributed by atoms with Crippen LogP contribution in [0.3, 0.4) is 0 Å². The van der Waals surface area contributed by atoms with Crippen LogP contribution in [0.25, 0.3) is 27.5 Å². The second-order valence-electron chi connectivity index (χ2n) is 10.7. The number of likely N-dealkylation sites (tertiary alicyclic amines) is 1. The fourth-order valence-corrected chi connectivity index (χ4v) is 6.75. The van der Waals surface area contributed by atoms with Crippen LogP contribution in [-0.2, 0) is 28.9 Å². The Morgan fingerprint density at radius 2 is 1.90 bits per heavy atom. The second kappa shape index (κ2) is 10.9. The Morgan fingerprint density at radius 1 is 1.12 bits per heavy atom. The Hall–Kier alpha value is -3.89. The Kier molecular flexibility index (Phi) is 7.20. The topological polar surface area (TPSA) is 96.2 Å². The molecule has 4 aromatic rings. The zero-order chi connectivity index (χ0) is 27.8. The van der Waals surface area contributed by atoms with Gasteiger partial charge in [0, 0.05) is 43.5 Å². The molecule has 0 spiro atoms. The van der Waals surface area contributed by atoms with E-state index < -0.39 is 0 Å². The van der Waals surface area contributed by atoms with E-state index in [1.54, 1.807) is 6.20 Å². The van der Waals surface area contributed by atoms with E-state index in [0.29, 0.717) is 17.6 Å². The molecule has 1 aliphatic carbocycles. The lowest BCUT2D eigenvalue weighted by Crippen LogP contribution is -2.44. The van der Waals surface area contributed by atoms with Gasteiger partial charge in [-0.2, -0.15) is 5.10 Å². The standard InChI is InChI=1S/C30H33N7O2S/c1-19(38)32-30-33-25-11-10-24-27(21-5-4-14-31-18-21)34-37(28(24)29(25)40-30)23-8-6-20(7-9-23)17-26(39)36(3)22-12-15-35(2)16-13-22/h4-9,14,18,22H,10-13,15-17H2,1-3H3,(H,32,33,38). The van der Waals surface area contributed by atoms with E-state index >= 15 is 0 Å². The van der Waals surface area contributed by atoms with E-state index in [0.717, 1.165) is 83.1 Å². The van der Waals surface area contributed by atoms with E-state index in [-0.39, 0.29) is 11.8 Å². The summed E-state index contributed by atoms with van der Waals surface area (Å²) in [4.78, 5) is 39.1. The molecule has 0 bridgehead atoms. The number of rotatable bonds is 6. The Balaban J connectivity index is 1.31. The van der Waals surface area contributed by atoms with Gasteiger partial charge in [0.15, 0.2) is 5.13 Å². The zero-order valence-electron chi connectivity index (χ0n) is 23.1. The molecule has 1 fully saturated rings. The first-order valence-electron chi connectivity index (χ1n) is 13.7. The Morgan fingerprint density at radius 3 is 2.60 bits per heavy atom. The molecule has 1 aromatic carbocycles.